The standard InChI is InChI=1S/C12H24N2O4S/c1-9(4-5-11(15)16)8-14-12(17)13-7-6-10(2)19(3)18/h9-10H,4-8H2,1-3H3,(H,15,16)(H2,13,14,17). The van der Waals surface area contributed by atoms with E-state index in [1.54, 1.807) is 6.26 Å². The van der Waals surface area contributed by atoms with Gasteiger partial charge >= 0.3 is 12.0 Å². The van der Waals surface area contributed by atoms with Crippen LogP contribution in [0, 0.1) is 5.92 Å². The maximum absolute atomic E-state index is 11.4. The SMILES string of the molecule is CC(CCC(=O)O)CNC(=O)NCCC(C)S(C)=O. The molecule has 0 aromatic rings. The van der Waals surface area contributed by atoms with Crippen molar-refractivity contribution >= 4 is 22.8 Å². The van der Waals surface area contributed by atoms with E-state index in [0.29, 0.717) is 25.9 Å². The molecule has 0 saturated carbocycles. The van der Waals surface area contributed by atoms with Crippen LogP contribution in [0.5, 0.6) is 0 Å². The molecule has 0 radical (unpaired) electrons. The third-order valence-electron chi connectivity index (χ3n) is 2.87. The number of nitrogens with one attached hydrogen (secondary N) is 2. The zero-order valence-corrected chi connectivity index (χ0v) is 12.6. The van der Waals surface area contributed by atoms with Gasteiger partial charge in [0.05, 0.1) is 0 Å². The van der Waals surface area contributed by atoms with Crippen molar-refractivity contribution in [2.75, 3.05) is 19.3 Å². The van der Waals surface area contributed by atoms with Gasteiger partial charge in [-0.2, -0.15) is 0 Å². The number of amides is 2. The predicted octanol–water partition coefficient (Wildman–Crippen LogP) is 0.944. The first-order valence-electron chi connectivity index (χ1n) is 6.38. The Morgan fingerprint density at radius 2 is 1.84 bits per heavy atom. The summed E-state index contributed by atoms with van der Waals surface area (Å²) in [7, 11) is -0.871. The van der Waals surface area contributed by atoms with Crippen molar-refractivity contribution in [3.8, 4) is 0 Å². The maximum Gasteiger partial charge on any atom is 0.314 e. The summed E-state index contributed by atoms with van der Waals surface area (Å²) in [5.74, 6) is -0.693. The lowest BCUT2D eigenvalue weighted by Crippen LogP contribution is -2.39. The van der Waals surface area contributed by atoms with Crippen molar-refractivity contribution in [1.29, 1.82) is 0 Å². The minimum Gasteiger partial charge on any atom is -0.481 e. The number of carboxylic acids is 1. The molecule has 2 amide bonds. The first-order valence-corrected chi connectivity index (χ1v) is 8.00. The number of hydrogen-bond acceptors (Lipinski definition) is 3. The van der Waals surface area contributed by atoms with E-state index in [1.807, 2.05) is 13.8 Å². The van der Waals surface area contributed by atoms with Gasteiger partial charge in [0.25, 0.3) is 0 Å². The quantitative estimate of drug-likeness (QED) is 0.589. The number of rotatable bonds is 9. The highest BCUT2D eigenvalue weighted by Gasteiger charge is 2.09. The highest BCUT2D eigenvalue weighted by atomic mass is 32.2. The van der Waals surface area contributed by atoms with E-state index in [1.165, 1.54) is 0 Å². The third-order valence-corrected chi connectivity index (χ3v) is 4.23. The molecular formula is C12H24N2O4S. The minimum atomic E-state index is -0.871. The minimum absolute atomic E-state index is 0.0646. The molecule has 0 saturated heterocycles. The largest absolute Gasteiger partial charge is 0.481 e. The first-order chi connectivity index (χ1) is 8.82. The highest BCUT2D eigenvalue weighted by Crippen LogP contribution is 2.03. The van der Waals surface area contributed by atoms with E-state index in [9.17, 15) is 13.8 Å². The Bertz CT molecular complexity index is 323. The fraction of sp³-hybridized carbons (Fsp3) is 0.833. The van der Waals surface area contributed by atoms with Crippen molar-refractivity contribution in [2.24, 2.45) is 5.92 Å². The van der Waals surface area contributed by atoms with Crippen LogP contribution in [0.4, 0.5) is 4.79 Å². The smallest absolute Gasteiger partial charge is 0.314 e. The van der Waals surface area contributed by atoms with Gasteiger partial charge in [-0.3, -0.25) is 9.00 Å². The number of urea groups is 1. The van der Waals surface area contributed by atoms with Crippen LogP contribution in [0.25, 0.3) is 0 Å². The summed E-state index contributed by atoms with van der Waals surface area (Å²) in [5, 5.41) is 14.0. The Balaban J connectivity index is 3.64. The second kappa shape index (κ2) is 9.77. The normalized spacial score (nSPS) is 15.3. The number of carboxylic acid groups (broad SMARTS) is 1. The maximum atomic E-state index is 11.4. The second-order valence-electron chi connectivity index (χ2n) is 4.77. The third kappa shape index (κ3) is 10.5. The van der Waals surface area contributed by atoms with Crippen LogP contribution in [0.3, 0.4) is 0 Å². The molecular weight excluding hydrogens is 268 g/mol. The van der Waals surface area contributed by atoms with E-state index in [-0.39, 0.29) is 23.6 Å². The molecule has 0 rings (SSSR count). The number of hydrogen-bond donors (Lipinski definition) is 3. The van der Waals surface area contributed by atoms with Crippen molar-refractivity contribution in [3.63, 3.8) is 0 Å². The molecule has 7 heteroatoms. The van der Waals surface area contributed by atoms with Gasteiger partial charge in [0.15, 0.2) is 0 Å². The molecule has 0 bridgehead atoms. The molecule has 0 aliphatic heterocycles. The van der Waals surface area contributed by atoms with Gasteiger partial charge in [-0.1, -0.05) is 13.8 Å². The van der Waals surface area contributed by atoms with Gasteiger partial charge in [0.1, 0.15) is 0 Å². The summed E-state index contributed by atoms with van der Waals surface area (Å²) in [5.41, 5.74) is 0. The monoisotopic (exact) mass is 292 g/mol. The van der Waals surface area contributed by atoms with Crippen molar-refractivity contribution in [3.05, 3.63) is 0 Å². The molecule has 0 fully saturated rings. The zero-order chi connectivity index (χ0) is 14.8. The summed E-state index contributed by atoms with van der Waals surface area (Å²) in [6.07, 6.45) is 2.98. The fourth-order valence-corrected chi connectivity index (χ4v) is 1.81. The Kier molecular flexibility index (Phi) is 9.20. The van der Waals surface area contributed by atoms with Crippen LogP contribution in [0.2, 0.25) is 0 Å². The summed E-state index contributed by atoms with van der Waals surface area (Å²) >= 11 is 0. The lowest BCUT2D eigenvalue weighted by Gasteiger charge is -2.13. The number of aliphatic carboxylic acids is 1. The van der Waals surface area contributed by atoms with Crippen LogP contribution in [0.15, 0.2) is 0 Å². The number of carbonyl (C=O) groups is 2. The molecule has 0 aliphatic carbocycles. The Morgan fingerprint density at radius 3 is 2.37 bits per heavy atom. The molecule has 112 valence electrons. The van der Waals surface area contributed by atoms with Crippen molar-refractivity contribution in [1.82, 2.24) is 10.6 Å². The van der Waals surface area contributed by atoms with Crippen LogP contribution < -0.4 is 10.6 Å². The highest BCUT2D eigenvalue weighted by molar-refractivity contribution is 7.84. The lowest BCUT2D eigenvalue weighted by atomic mass is 10.1. The second-order valence-corrected chi connectivity index (χ2v) is 6.57. The van der Waals surface area contributed by atoms with Gasteiger partial charge in [-0.25, -0.2) is 4.79 Å². The molecule has 3 N–H and O–H groups in total. The molecule has 0 heterocycles. The molecule has 3 unspecified atom stereocenters. The zero-order valence-electron chi connectivity index (χ0n) is 11.8. The van der Waals surface area contributed by atoms with Crippen LogP contribution >= 0.6 is 0 Å². The lowest BCUT2D eigenvalue weighted by molar-refractivity contribution is -0.137. The summed E-state index contributed by atoms with van der Waals surface area (Å²) < 4.78 is 11.1. The van der Waals surface area contributed by atoms with E-state index in [2.05, 4.69) is 10.6 Å². The molecule has 0 aromatic carbocycles. The Hall–Kier alpha value is -1.11. The molecule has 19 heavy (non-hydrogen) atoms. The predicted molar refractivity (Wildman–Crippen MR) is 75.6 cm³/mol. The topological polar surface area (TPSA) is 95.5 Å². The molecule has 3 atom stereocenters. The van der Waals surface area contributed by atoms with Gasteiger partial charge < -0.3 is 15.7 Å². The summed E-state index contributed by atoms with van der Waals surface area (Å²) in [6, 6.07) is -0.267. The Labute approximate surface area is 116 Å². The molecule has 0 aliphatic rings. The van der Waals surface area contributed by atoms with Crippen LogP contribution in [-0.4, -0.2) is 45.9 Å². The van der Waals surface area contributed by atoms with Gasteiger partial charge in [-0.15, -0.1) is 0 Å². The van der Waals surface area contributed by atoms with E-state index in [4.69, 9.17) is 5.11 Å². The summed E-state index contributed by atoms with van der Waals surface area (Å²) in [6.45, 7) is 4.71. The van der Waals surface area contributed by atoms with Gasteiger partial charge in [0.2, 0.25) is 0 Å². The Morgan fingerprint density at radius 1 is 1.21 bits per heavy atom. The fourth-order valence-electron chi connectivity index (χ4n) is 1.36. The molecule has 0 aromatic heterocycles. The summed E-state index contributed by atoms with van der Waals surface area (Å²) in [4.78, 5) is 21.8. The number of carbonyl (C=O) groups excluding carboxylic acids is 1. The van der Waals surface area contributed by atoms with Crippen molar-refractivity contribution in [2.45, 2.75) is 38.4 Å². The molecule has 0 spiro atoms. The van der Waals surface area contributed by atoms with E-state index >= 15 is 0 Å². The average molecular weight is 292 g/mol. The van der Waals surface area contributed by atoms with Crippen molar-refractivity contribution < 1.29 is 18.9 Å². The first kappa shape index (κ1) is 17.9. The van der Waals surface area contributed by atoms with Gasteiger partial charge in [0, 0.05) is 41.8 Å². The van der Waals surface area contributed by atoms with Crippen LogP contribution in [-0.2, 0) is 15.6 Å². The van der Waals surface area contributed by atoms with E-state index in [0.717, 1.165) is 0 Å². The van der Waals surface area contributed by atoms with Gasteiger partial charge in [-0.05, 0) is 18.8 Å². The molecule has 6 nitrogen and oxygen atoms in total. The average Bonchev–Trinajstić information content (AvgIpc) is 2.33. The van der Waals surface area contributed by atoms with E-state index < -0.39 is 16.8 Å². The van der Waals surface area contributed by atoms with Crippen LogP contribution in [0.1, 0.15) is 33.1 Å².